The molecule has 0 radical (unpaired) electrons. The minimum Gasteiger partial charge on any atom is -0.440 e. The molecule has 1 fully saturated rings. The number of anilines is 2. The molecule has 1 N–H and O–H groups in total. The van der Waals surface area contributed by atoms with Crippen LogP contribution in [0.25, 0.3) is 6.08 Å². The van der Waals surface area contributed by atoms with Gasteiger partial charge in [0.2, 0.25) is 5.88 Å². The number of thiazole rings is 1. The van der Waals surface area contributed by atoms with Crippen molar-refractivity contribution in [1.82, 2.24) is 4.57 Å². The summed E-state index contributed by atoms with van der Waals surface area (Å²) in [5, 5.41) is 2.98. The lowest BCUT2D eigenvalue weighted by Gasteiger charge is -2.26. The van der Waals surface area contributed by atoms with Gasteiger partial charge in [-0.3, -0.25) is 14.2 Å². The Morgan fingerprint density at radius 1 is 1.10 bits per heavy atom. The number of carbonyl (C=O) groups is 1. The van der Waals surface area contributed by atoms with Crippen LogP contribution in [-0.2, 0) is 9.53 Å². The van der Waals surface area contributed by atoms with E-state index in [0.717, 1.165) is 34.6 Å². The second kappa shape index (κ2) is 11.0. The molecule has 1 atom stereocenters. The van der Waals surface area contributed by atoms with Crippen molar-refractivity contribution in [3.8, 4) is 0 Å². The molecule has 2 aliphatic rings. The van der Waals surface area contributed by atoms with Crippen LogP contribution in [0.4, 0.5) is 11.6 Å². The number of ether oxygens (including phenoxy) is 1. The Bertz CT molecular complexity index is 1780. The normalized spacial score (nSPS) is 17.5. The molecule has 6 rings (SSSR count). The van der Waals surface area contributed by atoms with Crippen molar-refractivity contribution in [3.05, 3.63) is 113 Å². The van der Waals surface area contributed by atoms with E-state index < -0.39 is 6.04 Å². The molecule has 4 heterocycles. The first kappa shape index (κ1) is 26.5. The number of allylic oxidation sites excluding steroid dienone is 1. The smallest absolute Gasteiger partial charge is 0.271 e. The molecule has 0 bridgehead atoms. The van der Waals surface area contributed by atoms with Crippen molar-refractivity contribution >= 4 is 50.8 Å². The number of nitrogens with zero attached hydrogens (tertiary/aromatic N) is 3. The zero-order chi connectivity index (χ0) is 27.8. The number of rotatable bonds is 5. The Hall–Kier alpha value is -3.73. The van der Waals surface area contributed by atoms with Gasteiger partial charge in [-0.1, -0.05) is 59.4 Å². The maximum absolute atomic E-state index is 13.9. The summed E-state index contributed by atoms with van der Waals surface area (Å²) < 4.78 is 14.5. The van der Waals surface area contributed by atoms with Crippen LogP contribution in [0.5, 0.6) is 0 Å². The van der Waals surface area contributed by atoms with E-state index in [0.29, 0.717) is 45.3 Å². The highest BCUT2D eigenvalue weighted by Gasteiger charge is 2.32. The van der Waals surface area contributed by atoms with Crippen LogP contribution >= 0.6 is 27.3 Å². The van der Waals surface area contributed by atoms with Crippen LogP contribution in [0.3, 0.4) is 0 Å². The van der Waals surface area contributed by atoms with E-state index in [9.17, 15) is 9.59 Å². The fourth-order valence-electron chi connectivity index (χ4n) is 4.95. The summed E-state index contributed by atoms with van der Waals surface area (Å²) in [6, 6.07) is 18.4. The van der Waals surface area contributed by atoms with E-state index in [1.54, 1.807) is 10.6 Å². The Kier molecular flexibility index (Phi) is 7.31. The molecule has 0 spiro atoms. The van der Waals surface area contributed by atoms with E-state index in [4.69, 9.17) is 14.1 Å². The van der Waals surface area contributed by atoms with Crippen molar-refractivity contribution < 1.29 is 13.9 Å². The Morgan fingerprint density at radius 3 is 2.55 bits per heavy atom. The van der Waals surface area contributed by atoms with Gasteiger partial charge in [0, 0.05) is 30.9 Å². The van der Waals surface area contributed by atoms with Crippen molar-refractivity contribution in [3.63, 3.8) is 0 Å². The lowest BCUT2D eigenvalue weighted by atomic mass is 9.94. The number of carbonyl (C=O) groups excluding carboxylic acids is 1. The van der Waals surface area contributed by atoms with Crippen molar-refractivity contribution in [2.45, 2.75) is 19.9 Å². The lowest BCUT2D eigenvalue weighted by molar-refractivity contribution is -0.113. The fourth-order valence-corrected chi connectivity index (χ4v) is 6.54. The van der Waals surface area contributed by atoms with Crippen LogP contribution < -0.4 is 25.1 Å². The quantitative estimate of drug-likeness (QED) is 0.359. The summed E-state index contributed by atoms with van der Waals surface area (Å²) in [7, 11) is 0. The number of hydrogen-bond acceptors (Lipinski definition) is 7. The third-order valence-corrected chi connectivity index (χ3v) is 8.50. The predicted molar refractivity (Wildman–Crippen MR) is 159 cm³/mol. The van der Waals surface area contributed by atoms with Crippen LogP contribution in [0.2, 0.25) is 0 Å². The number of para-hydroxylation sites is 1. The number of aryl methyl sites for hydroxylation is 1. The average Bonchev–Trinajstić information content (AvgIpc) is 3.47. The maximum atomic E-state index is 13.9. The first-order valence-corrected chi connectivity index (χ1v) is 14.6. The second-order valence-electron chi connectivity index (χ2n) is 9.71. The van der Waals surface area contributed by atoms with Gasteiger partial charge in [0.15, 0.2) is 4.80 Å². The highest BCUT2D eigenvalue weighted by atomic mass is 79.9. The van der Waals surface area contributed by atoms with Gasteiger partial charge in [-0.25, -0.2) is 4.99 Å². The molecule has 10 heteroatoms. The zero-order valence-corrected chi connectivity index (χ0v) is 24.4. The van der Waals surface area contributed by atoms with Gasteiger partial charge in [0.25, 0.3) is 11.5 Å². The van der Waals surface area contributed by atoms with Gasteiger partial charge >= 0.3 is 0 Å². The Morgan fingerprint density at radius 2 is 1.82 bits per heavy atom. The lowest BCUT2D eigenvalue weighted by Crippen LogP contribution is -2.40. The molecule has 0 aliphatic carbocycles. The molecule has 2 aliphatic heterocycles. The number of furan rings is 1. The number of nitrogens with one attached hydrogen (secondary N) is 1. The van der Waals surface area contributed by atoms with Crippen molar-refractivity contribution in [1.29, 1.82) is 0 Å². The third kappa shape index (κ3) is 5.10. The molecule has 0 saturated carbocycles. The highest BCUT2D eigenvalue weighted by molar-refractivity contribution is 9.10. The molecular weight excluding hydrogens is 592 g/mol. The number of morpholine rings is 1. The van der Waals surface area contributed by atoms with Gasteiger partial charge in [0.05, 0.1) is 39.5 Å². The van der Waals surface area contributed by atoms with E-state index in [2.05, 4.69) is 26.1 Å². The number of fused-ring (bicyclic) bond motifs is 1. The number of halogens is 1. The SMILES string of the molecule is CC1=C(C(=O)Nc2ccccc2)[C@H](c2ccc(C)cc2)n2c(s/c(=C/c3cc(Br)c(N4CCOCC4)o3)c2=O)=N1. The minimum absolute atomic E-state index is 0.229. The van der Waals surface area contributed by atoms with Gasteiger partial charge in [-0.15, -0.1) is 0 Å². The first-order valence-electron chi connectivity index (χ1n) is 13.0. The molecule has 204 valence electrons. The van der Waals surface area contributed by atoms with E-state index in [1.165, 1.54) is 11.3 Å². The fraction of sp³-hybridized carbons (Fsp3) is 0.233. The van der Waals surface area contributed by atoms with Gasteiger partial charge in [0.1, 0.15) is 5.76 Å². The monoisotopic (exact) mass is 618 g/mol. The summed E-state index contributed by atoms with van der Waals surface area (Å²) in [5.74, 6) is 0.983. The largest absolute Gasteiger partial charge is 0.440 e. The minimum atomic E-state index is -0.630. The number of aromatic nitrogens is 1. The number of hydrogen-bond donors (Lipinski definition) is 1. The highest BCUT2D eigenvalue weighted by Crippen LogP contribution is 2.32. The summed E-state index contributed by atoms with van der Waals surface area (Å²) in [4.78, 5) is 35.0. The van der Waals surface area contributed by atoms with E-state index in [1.807, 2.05) is 74.5 Å². The predicted octanol–water partition coefficient (Wildman–Crippen LogP) is 4.37. The molecule has 4 aromatic rings. The summed E-state index contributed by atoms with van der Waals surface area (Å²) in [5.41, 5.74) is 3.37. The second-order valence-corrected chi connectivity index (χ2v) is 11.6. The standard InChI is InChI=1S/C30H27BrN4O4S/c1-18-8-10-20(11-9-18)26-25(27(36)33-21-6-4-3-5-7-21)19(2)32-30-35(26)28(37)24(40-30)17-22-16-23(31)29(39-22)34-12-14-38-15-13-34/h3-11,16-17,26H,12-15H2,1-2H3,(H,33,36)/b24-17+/t26-/m0/s1. The molecule has 1 amide bonds. The topological polar surface area (TPSA) is 89.1 Å². The third-order valence-electron chi connectivity index (χ3n) is 6.95. The maximum Gasteiger partial charge on any atom is 0.271 e. The molecule has 8 nitrogen and oxygen atoms in total. The molecule has 1 saturated heterocycles. The van der Waals surface area contributed by atoms with Crippen molar-refractivity contribution in [2.24, 2.45) is 4.99 Å². The molecule has 40 heavy (non-hydrogen) atoms. The summed E-state index contributed by atoms with van der Waals surface area (Å²) in [6.45, 7) is 6.57. The van der Waals surface area contributed by atoms with Crippen LogP contribution in [0.1, 0.15) is 29.9 Å². The van der Waals surface area contributed by atoms with Crippen LogP contribution in [0.15, 0.2) is 90.6 Å². The average molecular weight is 620 g/mol. The van der Waals surface area contributed by atoms with Crippen LogP contribution in [0, 0.1) is 6.92 Å². The van der Waals surface area contributed by atoms with E-state index >= 15 is 0 Å². The first-order chi connectivity index (χ1) is 19.4. The van der Waals surface area contributed by atoms with Crippen molar-refractivity contribution in [2.75, 3.05) is 36.5 Å². The molecule has 2 aromatic carbocycles. The van der Waals surface area contributed by atoms with E-state index in [-0.39, 0.29) is 11.5 Å². The number of benzene rings is 2. The summed E-state index contributed by atoms with van der Waals surface area (Å²) >= 11 is 4.88. The van der Waals surface area contributed by atoms with Gasteiger partial charge in [-0.05, 0) is 47.5 Å². The molecular formula is C30H27BrN4O4S. The van der Waals surface area contributed by atoms with Gasteiger partial charge < -0.3 is 19.4 Å². The zero-order valence-electron chi connectivity index (χ0n) is 22.0. The number of amides is 1. The molecule has 0 unspecified atom stereocenters. The summed E-state index contributed by atoms with van der Waals surface area (Å²) in [6.07, 6.45) is 1.74. The van der Waals surface area contributed by atoms with Gasteiger partial charge in [-0.2, -0.15) is 0 Å². The Balaban J connectivity index is 1.44. The molecule has 2 aromatic heterocycles. The van der Waals surface area contributed by atoms with Crippen LogP contribution in [-0.4, -0.2) is 36.8 Å². The Labute approximate surface area is 243 Å².